The predicted octanol–water partition coefficient (Wildman–Crippen LogP) is 3.20. The lowest BCUT2D eigenvalue weighted by Gasteiger charge is -2.09. The van der Waals surface area contributed by atoms with E-state index in [0.29, 0.717) is 0 Å². The summed E-state index contributed by atoms with van der Waals surface area (Å²) < 4.78 is 18.5. The molecule has 0 saturated carbocycles. The van der Waals surface area contributed by atoms with Crippen molar-refractivity contribution in [2.24, 2.45) is 0 Å². The molecule has 0 aromatic heterocycles. The van der Waals surface area contributed by atoms with Crippen LogP contribution in [-0.4, -0.2) is 24.0 Å². The van der Waals surface area contributed by atoms with Crippen LogP contribution in [0.2, 0.25) is 5.02 Å². The lowest BCUT2D eigenvalue weighted by atomic mass is 10.2. The monoisotopic (exact) mass is 338 g/mol. The Morgan fingerprint density at radius 2 is 2.04 bits per heavy atom. The highest BCUT2D eigenvalue weighted by molar-refractivity contribution is 6.34. The van der Waals surface area contributed by atoms with Gasteiger partial charge in [0, 0.05) is 12.1 Å². The molecule has 0 radical (unpaired) electrons. The molecule has 0 spiro atoms. The van der Waals surface area contributed by atoms with Gasteiger partial charge in [-0.25, -0.2) is 4.39 Å². The van der Waals surface area contributed by atoms with Crippen molar-refractivity contribution < 1.29 is 18.8 Å². The summed E-state index contributed by atoms with van der Waals surface area (Å²) in [6.45, 7) is 0.192. The van der Waals surface area contributed by atoms with E-state index in [9.17, 15) is 19.3 Å². The maximum Gasteiger partial charge on any atom is 0.270 e. The molecule has 8 heteroatoms. The summed E-state index contributed by atoms with van der Waals surface area (Å²) in [6.07, 6.45) is 0. The molecule has 6 nitrogen and oxygen atoms in total. The Labute approximate surface area is 136 Å². The van der Waals surface area contributed by atoms with Crippen LogP contribution in [0.1, 0.15) is 10.4 Å². The normalized spacial score (nSPS) is 10.2. The van der Waals surface area contributed by atoms with Crippen LogP contribution in [0.25, 0.3) is 0 Å². The molecule has 0 fully saturated rings. The lowest BCUT2D eigenvalue weighted by Crippen LogP contribution is -2.28. The number of nitro benzene ring substituents is 1. The second-order valence-electron chi connectivity index (χ2n) is 4.46. The van der Waals surface area contributed by atoms with Crippen LogP contribution < -0.4 is 10.1 Å². The van der Waals surface area contributed by atoms with Gasteiger partial charge in [0.15, 0.2) is 11.6 Å². The molecule has 0 saturated heterocycles. The quantitative estimate of drug-likeness (QED) is 0.498. The fraction of sp³-hybridized carbons (Fsp3) is 0.133. The molecule has 2 aromatic carbocycles. The first-order chi connectivity index (χ1) is 11.0. The number of benzene rings is 2. The zero-order valence-electron chi connectivity index (χ0n) is 11.8. The number of carbonyl (C=O) groups excluding carboxylic acids is 1. The largest absolute Gasteiger partial charge is 0.489 e. The number of amides is 1. The van der Waals surface area contributed by atoms with Crippen LogP contribution in [0.3, 0.4) is 0 Å². The first kappa shape index (κ1) is 16.7. The van der Waals surface area contributed by atoms with E-state index in [0.717, 1.165) is 6.07 Å². The maximum absolute atomic E-state index is 13.3. The molecule has 0 atom stereocenters. The van der Waals surface area contributed by atoms with Crippen molar-refractivity contribution in [1.82, 2.24) is 5.32 Å². The minimum Gasteiger partial charge on any atom is -0.489 e. The number of hydrogen-bond donors (Lipinski definition) is 1. The molecular formula is C15H12ClFN2O4. The molecule has 0 heterocycles. The average Bonchev–Trinajstić information content (AvgIpc) is 2.52. The molecule has 120 valence electrons. The van der Waals surface area contributed by atoms with E-state index in [1.165, 1.54) is 24.3 Å². The topological polar surface area (TPSA) is 81.5 Å². The average molecular weight is 339 g/mol. The van der Waals surface area contributed by atoms with Crippen LogP contribution in [0.4, 0.5) is 10.1 Å². The fourth-order valence-corrected chi connectivity index (χ4v) is 2.04. The molecule has 0 aliphatic heterocycles. The van der Waals surface area contributed by atoms with Gasteiger partial charge < -0.3 is 10.1 Å². The molecule has 1 amide bonds. The van der Waals surface area contributed by atoms with Crippen molar-refractivity contribution in [1.29, 1.82) is 0 Å². The van der Waals surface area contributed by atoms with Crippen LogP contribution >= 0.6 is 11.6 Å². The molecule has 0 bridgehead atoms. The Bertz CT molecular complexity index is 739. The van der Waals surface area contributed by atoms with E-state index >= 15 is 0 Å². The second-order valence-corrected chi connectivity index (χ2v) is 4.86. The summed E-state index contributed by atoms with van der Waals surface area (Å²) in [6, 6.07) is 9.49. The zero-order valence-corrected chi connectivity index (χ0v) is 12.5. The summed E-state index contributed by atoms with van der Waals surface area (Å²) in [5, 5.41) is 13.1. The van der Waals surface area contributed by atoms with E-state index in [1.54, 1.807) is 12.1 Å². The molecule has 2 aromatic rings. The van der Waals surface area contributed by atoms with E-state index < -0.39 is 16.6 Å². The molecule has 1 N–H and O–H groups in total. The summed E-state index contributed by atoms with van der Waals surface area (Å²) in [5.74, 6) is -0.894. The van der Waals surface area contributed by atoms with E-state index in [1.807, 2.05) is 0 Å². The zero-order chi connectivity index (χ0) is 16.8. The van der Waals surface area contributed by atoms with Gasteiger partial charge in [-0.3, -0.25) is 14.9 Å². The van der Waals surface area contributed by atoms with Gasteiger partial charge in [-0.15, -0.1) is 0 Å². The van der Waals surface area contributed by atoms with Crippen molar-refractivity contribution >= 4 is 23.2 Å². The predicted molar refractivity (Wildman–Crippen MR) is 82.3 cm³/mol. The van der Waals surface area contributed by atoms with Crippen molar-refractivity contribution in [2.75, 3.05) is 13.2 Å². The van der Waals surface area contributed by atoms with Gasteiger partial charge >= 0.3 is 0 Å². The highest BCUT2D eigenvalue weighted by atomic mass is 35.5. The standard InChI is InChI=1S/C15H12ClFN2O4/c16-12-9-10(19(21)22)5-6-11(12)15(20)18-7-8-23-14-4-2-1-3-13(14)17/h1-6,9H,7-8H2,(H,18,20). The third-order valence-corrected chi connectivity index (χ3v) is 3.20. The SMILES string of the molecule is O=C(NCCOc1ccccc1F)c1ccc([N+](=O)[O-])cc1Cl. The summed E-state index contributed by atoms with van der Waals surface area (Å²) >= 11 is 5.85. The minimum atomic E-state index is -0.601. The Balaban J connectivity index is 1.88. The van der Waals surface area contributed by atoms with Crippen LogP contribution in [0, 0.1) is 15.9 Å². The smallest absolute Gasteiger partial charge is 0.270 e. The first-order valence-corrected chi connectivity index (χ1v) is 6.96. The number of carbonyl (C=O) groups is 1. The Kier molecular flexibility index (Phi) is 5.48. The van der Waals surface area contributed by atoms with Gasteiger partial charge in [0.25, 0.3) is 11.6 Å². The number of non-ortho nitro benzene ring substituents is 1. The minimum absolute atomic E-state index is 0.0216. The molecule has 2 rings (SSSR count). The van der Waals surface area contributed by atoms with Gasteiger partial charge in [0.2, 0.25) is 0 Å². The Hall–Kier alpha value is -2.67. The fourth-order valence-electron chi connectivity index (χ4n) is 1.78. The van der Waals surface area contributed by atoms with Gasteiger partial charge in [0.05, 0.1) is 22.1 Å². The Morgan fingerprint density at radius 1 is 1.30 bits per heavy atom. The summed E-state index contributed by atoms with van der Waals surface area (Å²) in [5.41, 5.74) is -0.0856. The Morgan fingerprint density at radius 3 is 2.70 bits per heavy atom. The van der Waals surface area contributed by atoms with E-state index in [-0.39, 0.29) is 35.2 Å². The number of nitro groups is 1. The molecule has 0 unspecified atom stereocenters. The number of ether oxygens (including phenoxy) is 1. The third kappa shape index (κ3) is 4.40. The van der Waals surface area contributed by atoms with Crippen LogP contribution in [0.15, 0.2) is 42.5 Å². The van der Waals surface area contributed by atoms with Gasteiger partial charge in [-0.1, -0.05) is 23.7 Å². The van der Waals surface area contributed by atoms with Gasteiger partial charge in [-0.2, -0.15) is 0 Å². The number of hydrogen-bond acceptors (Lipinski definition) is 4. The van der Waals surface area contributed by atoms with E-state index in [4.69, 9.17) is 16.3 Å². The number of rotatable bonds is 6. The second kappa shape index (κ2) is 7.55. The first-order valence-electron chi connectivity index (χ1n) is 6.58. The number of para-hydroxylation sites is 1. The summed E-state index contributed by atoms with van der Waals surface area (Å²) in [4.78, 5) is 21.9. The highest BCUT2D eigenvalue weighted by Gasteiger charge is 2.14. The van der Waals surface area contributed by atoms with Crippen molar-refractivity contribution in [2.45, 2.75) is 0 Å². The van der Waals surface area contributed by atoms with Crippen molar-refractivity contribution in [3.8, 4) is 5.75 Å². The maximum atomic E-state index is 13.3. The van der Waals surface area contributed by atoms with Gasteiger partial charge in [0.1, 0.15) is 6.61 Å². The highest BCUT2D eigenvalue weighted by Crippen LogP contribution is 2.22. The lowest BCUT2D eigenvalue weighted by molar-refractivity contribution is -0.384. The van der Waals surface area contributed by atoms with Gasteiger partial charge in [-0.05, 0) is 18.2 Å². The number of nitrogens with zero attached hydrogens (tertiary/aromatic N) is 1. The number of nitrogens with one attached hydrogen (secondary N) is 1. The van der Waals surface area contributed by atoms with E-state index in [2.05, 4.69) is 5.32 Å². The molecule has 23 heavy (non-hydrogen) atoms. The van der Waals surface area contributed by atoms with Crippen molar-refractivity contribution in [3.05, 3.63) is 69.0 Å². The molecular weight excluding hydrogens is 327 g/mol. The third-order valence-electron chi connectivity index (χ3n) is 2.89. The number of halogens is 2. The van der Waals surface area contributed by atoms with Crippen LogP contribution in [-0.2, 0) is 0 Å². The molecule has 0 aliphatic rings. The summed E-state index contributed by atoms with van der Waals surface area (Å²) in [7, 11) is 0. The van der Waals surface area contributed by atoms with Crippen LogP contribution in [0.5, 0.6) is 5.75 Å². The van der Waals surface area contributed by atoms with Crippen molar-refractivity contribution in [3.63, 3.8) is 0 Å². The molecule has 0 aliphatic carbocycles.